The molecule has 0 saturated heterocycles. The third-order valence-electron chi connectivity index (χ3n) is 3.78. The smallest absolute Gasteiger partial charge is 0.319 e. The van der Waals surface area contributed by atoms with Gasteiger partial charge in [-0.25, -0.2) is 9.18 Å². The predicted molar refractivity (Wildman–Crippen MR) is 90.8 cm³/mol. The van der Waals surface area contributed by atoms with Crippen molar-refractivity contribution < 1.29 is 14.0 Å². The van der Waals surface area contributed by atoms with Gasteiger partial charge >= 0.3 is 6.03 Å². The van der Waals surface area contributed by atoms with Crippen LogP contribution in [0.2, 0.25) is 5.02 Å². The Morgan fingerprint density at radius 1 is 1.29 bits per heavy atom. The van der Waals surface area contributed by atoms with E-state index in [1.807, 2.05) is 18.2 Å². The summed E-state index contributed by atoms with van der Waals surface area (Å²) >= 11 is 5.80. The molecule has 1 heterocycles. The molecule has 1 aliphatic heterocycles. The van der Waals surface area contributed by atoms with Crippen LogP contribution in [-0.4, -0.2) is 11.9 Å². The van der Waals surface area contributed by atoms with E-state index in [-0.39, 0.29) is 17.6 Å². The van der Waals surface area contributed by atoms with Gasteiger partial charge in [-0.2, -0.15) is 0 Å². The summed E-state index contributed by atoms with van der Waals surface area (Å²) in [6.45, 7) is 1.81. The second-order valence-electron chi connectivity index (χ2n) is 5.59. The first kappa shape index (κ1) is 16.3. The maximum atomic E-state index is 13.6. The van der Waals surface area contributed by atoms with Gasteiger partial charge in [-0.3, -0.25) is 4.79 Å². The lowest BCUT2D eigenvalue weighted by Gasteiger charge is -2.16. The zero-order valence-corrected chi connectivity index (χ0v) is 13.6. The Bertz CT molecular complexity index is 825. The van der Waals surface area contributed by atoms with Gasteiger partial charge in [-0.15, -0.1) is 0 Å². The summed E-state index contributed by atoms with van der Waals surface area (Å²) in [6.07, 6.45) is 0.329. The minimum absolute atomic E-state index is 0.0101. The van der Waals surface area contributed by atoms with Crippen LogP contribution < -0.4 is 16.0 Å². The Kier molecular flexibility index (Phi) is 4.40. The fourth-order valence-electron chi connectivity index (χ4n) is 2.55. The quantitative estimate of drug-likeness (QED) is 0.789. The number of halogens is 2. The Labute approximate surface area is 143 Å². The molecule has 1 aliphatic rings. The summed E-state index contributed by atoms with van der Waals surface area (Å²) < 4.78 is 13.6. The van der Waals surface area contributed by atoms with Crippen LogP contribution in [0.5, 0.6) is 0 Å². The number of rotatable bonds is 3. The highest BCUT2D eigenvalue weighted by molar-refractivity contribution is 6.30. The van der Waals surface area contributed by atoms with Crippen molar-refractivity contribution >= 4 is 34.9 Å². The first-order chi connectivity index (χ1) is 11.4. The first-order valence-electron chi connectivity index (χ1n) is 7.37. The predicted octanol–water partition coefficient (Wildman–Crippen LogP) is 3.86. The summed E-state index contributed by atoms with van der Waals surface area (Å²) in [7, 11) is 0. The molecule has 0 aliphatic carbocycles. The third kappa shape index (κ3) is 3.49. The van der Waals surface area contributed by atoms with Crippen LogP contribution >= 0.6 is 11.6 Å². The van der Waals surface area contributed by atoms with Gasteiger partial charge < -0.3 is 16.0 Å². The van der Waals surface area contributed by atoms with Crippen LogP contribution in [0.25, 0.3) is 0 Å². The molecule has 0 radical (unpaired) electrons. The van der Waals surface area contributed by atoms with Crippen molar-refractivity contribution in [2.24, 2.45) is 0 Å². The highest BCUT2D eigenvalue weighted by Crippen LogP contribution is 2.26. The Morgan fingerprint density at radius 2 is 2.08 bits per heavy atom. The molecule has 3 amide bonds. The Balaban J connectivity index is 1.67. The Hall–Kier alpha value is -2.60. The number of carbonyl (C=O) groups is 2. The molecule has 2 aromatic carbocycles. The molecule has 0 spiro atoms. The topological polar surface area (TPSA) is 70.2 Å². The molecule has 1 atom stereocenters. The summed E-state index contributed by atoms with van der Waals surface area (Å²) in [5, 5.41) is 8.25. The maximum Gasteiger partial charge on any atom is 0.319 e. The van der Waals surface area contributed by atoms with E-state index in [4.69, 9.17) is 11.6 Å². The second-order valence-corrected chi connectivity index (χ2v) is 6.02. The van der Waals surface area contributed by atoms with Crippen LogP contribution in [0, 0.1) is 5.82 Å². The molecule has 3 rings (SSSR count). The molecular formula is C17H15ClFN3O2. The van der Waals surface area contributed by atoms with E-state index in [2.05, 4.69) is 16.0 Å². The summed E-state index contributed by atoms with van der Waals surface area (Å²) in [5.41, 5.74) is 2.55. The average molecular weight is 348 g/mol. The summed E-state index contributed by atoms with van der Waals surface area (Å²) in [5.74, 6) is -0.610. The molecule has 0 unspecified atom stereocenters. The van der Waals surface area contributed by atoms with Crippen LogP contribution in [-0.2, 0) is 11.2 Å². The maximum absolute atomic E-state index is 13.6. The monoisotopic (exact) mass is 347 g/mol. The molecule has 24 heavy (non-hydrogen) atoms. The van der Waals surface area contributed by atoms with Crippen LogP contribution in [0.1, 0.15) is 24.1 Å². The number of benzene rings is 2. The lowest BCUT2D eigenvalue weighted by atomic mass is 10.0. The number of amides is 3. The zero-order chi connectivity index (χ0) is 17.3. The number of nitrogens with one attached hydrogen (secondary N) is 3. The van der Waals surface area contributed by atoms with Crippen molar-refractivity contribution in [3.8, 4) is 0 Å². The number of urea groups is 1. The van der Waals surface area contributed by atoms with Gasteiger partial charge in [-0.05, 0) is 42.3 Å². The van der Waals surface area contributed by atoms with Gasteiger partial charge in [0.2, 0.25) is 5.91 Å². The lowest BCUT2D eigenvalue weighted by molar-refractivity contribution is -0.115. The number of hydrogen-bond donors (Lipinski definition) is 3. The molecule has 2 aromatic rings. The summed E-state index contributed by atoms with van der Waals surface area (Å²) in [6, 6.07) is 8.59. The van der Waals surface area contributed by atoms with E-state index in [1.165, 1.54) is 18.2 Å². The minimum Gasteiger partial charge on any atom is -0.331 e. The van der Waals surface area contributed by atoms with Crippen molar-refractivity contribution in [2.45, 2.75) is 19.4 Å². The van der Waals surface area contributed by atoms with Crippen LogP contribution in [0.15, 0.2) is 36.4 Å². The van der Waals surface area contributed by atoms with Gasteiger partial charge in [0.25, 0.3) is 0 Å². The van der Waals surface area contributed by atoms with E-state index in [9.17, 15) is 14.0 Å². The van der Waals surface area contributed by atoms with Gasteiger partial charge in [0.05, 0.1) is 18.2 Å². The number of fused-ring (bicyclic) bond motifs is 1. The lowest BCUT2D eigenvalue weighted by Crippen LogP contribution is -2.31. The van der Waals surface area contributed by atoms with Gasteiger partial charge in [0.15, 0.2) is 0 Å². The molecule has 3 N–H and O–H groups in total. The fraction of sp³-hybridized carbons (Fsp3) is 0.176. The molecule has 0 fully saturated rings. The van der Waals surface area contributed by atoms with Crippen molar-refractivity contribution in [3.05, 3.63) is 58.4 Å². The molecule has 124 valence electrons. The first-order valence-corrected chi connectivity index (χ1v) is 7.75. The van der Waals surface area contributed by atoms with Crippen LogP contribution in [0.4, 0.5) is 20.6 Å². The van der Waals surface area contributed by atoms with Gasteiger partial charge in [0, 0.05) is 10.7 Å². The van der Waals surface area contributed by atoms with Gasteiger partial charge in [0.1, 0.15) is 5.82 Å². The molecule has 0 saturated carbocycles. The average Bonchev–Trinajstić information content (AvgIpc) is 2.89. The molecule has 7 heteroatoms. The van der Waals surface area contributed by atoms with E-state index in [0.29, 0.717) is 11.4 Å². The van der Waals surface area contributed by atoms with E-state index in [0.717, 1.165) is 16.8 Å². The van der Waals surface area contributed by atoms with Crippen molar-refractivity contribution in [1.82, 2.24) is 5.32 Å². The standard InChI is InChI=1S/C17H15ClFN3O2/c1-9(10-2-5-14-11(6-10)7-16(23)21-14)20-17(24)22-15-8-12(18)3-4-13(15)19/h2-6,8-9H,7H2,1H3,(H,21,23)(H2,20,22,24)/t9-/m0/s1. The zero-order valence-electron chi connectivity index (χ0n) is 12.8. The van der Waals surface area contributed by atoms with Gasteiger partial charge in [-0.1, -0.05) is 23.7 Å². The normalized spacial score (nSPS) is 13.9. The third-order valence-corrected chi connectivity index (χ3v) is 4.01. The SMILES string of the molecule is C[C@H](NC(=O)Nc1cc(Cl)ccc1F)c1ccc2c(c1)CC(=O)N2. The Morgan fingerprint density at radius 3 is 2.88 bits per heavy atom. The van der Waals surface area contributed by atoms with E-state index >= 15 is 0 Å². The van der Waals surface area contributed by atoms with E-state index in [1.54, 1.807) is 6.92 Å². The van der Waals surface area contributed by atoms with Crippen molar-refractivity contribution in [3.63, 3.8) is 0 Å². The molecule has 5 nitrogen and oxygen atoms in total. The summed E-state index contributed by atoms with van der Waals surface area (Å²) in [4.78, 5) is 23.4. The number of anilines is 2. The van der Waals surface area contributed by atoms with E-state index < -0.39 is 11.8 Å². The molecule has 0 bridgehead atoms. The highest BCUT2D eigenvalue weighted by atomic mass is 35.5. The minimum atomic E-state index is -0.565. The molecule has 0 aromatic heterocycles. The fourth-order valence-corrected chi connectivity index (χ4v) is 2.72. The van der Waals surface area contributed by atoms with Crippen molar-refractivity contribution in [2.75, 3.05) is 10.6 Å². The van der Waals surface area contributed by atoms with Crippen LogP contribution in [0.3, 0.4) is 0 Å². The number of hydrogen-bond acceptors (Lipinski definition) is 2. The number of carbonyl (C=O) groups excluding carboxylic acids is 2. The largest absolute Gasteiger partial charge is 0.331 e. The highest BCUT2D eigenvalue weighted by Gasteiger charge is 2.19. The van der Waals surface area contributed by atoms with Crippen molar-refractivity contribution in [1.29, 1.82) is 0 Å². The molecular weight excluding hydrogens is 333 g/mol. The second kappa shape index (κ2) is 6.49.